The van der Waals surface area contributed by atoms with Crippen LogP contribution in [0.5, 0.6) is 0 Å². The molecule has 0 amide bonds. The van der Waals surface area contributed by atoms with Gasteiger partial charge in [-0.3, -0.25) is 9.59 Å². The van der Waals surface area contributed by atoms with Crippen LogP contribution in [0.25, 0.3) is 0 Å². The van der Waals surface area contributed by atoms with Gasteiger partial charge in [-0.15, -0.1) is 0 Å². The molecule has 198 valence electrons. The van der Waals surface area contributed by atoms with Crippen LogP contribution in [-0.4, -0.2) is 45.3 Å². The number of carbonyl (C=O) groups is 2. The molecule has 0 bridgehead atoms. The lowest BCUT2D eigenvalue weighted by molar-refractivity contribution is -0.171. The van der Waals surface area contributed by atoms with Crippen LogP contribution in [0.1, 0.15) is 113 Å². The Kier molecular flexibility index (Phi) is 9.65. The second-order valence-corrected chi connectivity index (χ2v) is 13.0. The van der Waals surface area contributed by atoms with Crippen LogP contribution < -0.4 is 10.6 Å². The van der Waals surface area contributed by atoms with E-state index in [-0.39, 0.29) is 53.3 Å². The topological polar surface area (TPSA) is 98.7 Å². The lowest BCUT2D eigenvalue weighted by atomic mass is 9.50. The van der Waals surface area contributed by atoms with Crippen molar-refractivity contribution in [3.63, 3.8) is 0 Å². The van der Waals surface area contributed by atoms with Crippen molar-refractivity contribution in [2.75, 3.05) is 0 Å². The van der Waals surface area contributed by atoms with Gasteiger partial charge in [0.05, 0.1) is 5.41 Å². The van der Waals surface area contributed by atoms with Crippen LogP contribution in [0.4, 0.5) is 0 Å². The molecule has 0 saturated carbocycles. The molecular formula is C28H52N2O4. The van der Waals surface area contributed by atoms with Crippen LogP contribution in [0.2, 0.25) is 0 Å². The fourth-order valence-electron chi connectivity index (χ4n) is 7.38. The van der Waals surface area contributed by atoms with Crippen molar-refractivity contribution < 1.29 is 19.8 Å². The van der Waals surface area contributed by atoms with E-state index in [2.05, 4.69) is 66.0 Å². The highest BCUT2D eigenvalue weighted by molar-refractivity contribution is 5.76. The number of carboxylic acids is 2. The average Bonchev–Trinajstić information content (AvgIpc) is 2.69. The number of hydrogen-bond acceptors (Lipinski definition) is 4. The molecule has 6 heteroatoms. The molecule has 0 spiro atoms. The van der Waals surface area contributed by atoms with Crippen molar-refractivity contribution in [3.8, 4) is 0 Å². The van der Waals surface area contributed by atoms with E-state index in [9.17, 15) is 14.7 Å². The summed E-state index contributed by atoms with van der Waals surface area (Å²) in [6.45, 7) is 17.8. The minimum Gasteiger partial charge on any atom is -0.481 e. The summed E-state index contributed by atoms with van der Waals surface area (Å²) >= 11 is 0. The van der Waals surface area contributed by atoms with Crippen LogP contribution in [0.15, 0.2) is 0 Å². The summed E-state index contributed by atoms with van der Waals surface area (Å²) in [5.41, 5.74) is -0.946. The van der Waals surface area contributed by atoms with Gasteiger partial charge in [0.15, 0.2) is 0 Å². The third kappa shape index (κ3) is 6.75. The number of piperidine rings is 2. The maximum Gasteiger partial charge on any atom is 0.310 e. The van der Waals surface area contributed by atoms with Crippen LogP contribution in [0, 0.1) is 29.1 Å². The molecule has 6 unspecified atom stereocenters. The monoisotopic (exact) mass is 480 g/mol. The van der Waals surface area contributed by atoms with Gasteiger partial charge >= 0.3 is 11.9 Å². The van der Waals surface area contributed by atoms with E-state index in [0.717, 1.165) is 38.5 Å². The normalized spacial score (nSPS) is 34.8. The molecule has 0 aromatic rings. The first kappa shape index (κ1) is 29.1. The molecule has 4 N–H and O–H groups in total. The van der Waals surface area contributed by atoms with Crippen molar-refractivity contribution in [2.24, 2.45) is 29.1 Å². The molecule has 2 saturated heterocycles. The molecule has 6 nitrogen and oxygen atoms in total. The molecule has 0 aromatic heterocycles. The Morgan fingerprint density at radius 2 is 1.18 bits per heavy atom. The van der Waals surface area contributed by atoms with Crippen molar-refractivity contribution in [1.82, 2.24) is 10.6 Å². The predicted octanol–water partition coefficient (Wildman–Crippen LogP) is 5.70. The summed E-state index contributed by atoms with van der Waals surface area (Å²) in [4.78, 5) is 24.3. The van der Waals surface area contributed by atoms with Gasteiger partial charge in [0.2, 0.25) is 0 Å². The highest BCUT2D eigenvalue weighted by Gasteiger charge is 2.59. The number of carboxylic acid groups (broad SMARTS) is 2. The first-order valence-corrected chi connectivity index (χ1v) is 13.6. The van der Waals surface area contributed by atoms with Crippen LogP contribution in [-0.2, 0) is 9.59 Å². The molecule has 0 aliphatic carbocycles. The Morgan fingerprint density at radius 1 is 0.765 bits per heavy atom. The lowest BCUT2D eigenvalue weighted by Gasteiger charge is -2.58. The maximum absolute atomic E-state index is 13.5. The molecule has 0 aromatic carbocycles. The van der Waals surface area contributed by atoms with Gasteiger partial charge < -0.3 is 20.8 Å². The van der Waals surface area contributed by atoms with E-state index < -0.39 is 17.4 Å². The fraction of sp³-hybridized carbons (Fsp3) is 0.929. The summed E-state index contributed by atoms with van der Waals surface area (Å²) in [5.74, 6) is -0.575. The third-order valence-electron chi connectivity index (χ3n) is 9.25. The molecule has 2 heterocycles. The van der Waals surface area contributed by atoms with Crippen molar-refractivity contribution >= 4 is 11.9 Å². The highest BCUT2D eigenvalue weighted by Crippen LogP contribution is 2.56. The number of nitrogens with one attached hydrogen (secondary N) is 2. The molecule has 0 radical (unpaired) electrons. The summed E-state index contributed by atoms with van der Waals surface area (Å²) < 4.78 is 0. The fourth-order valence-corrected chi connectivity index (χ4v) is 7.38. The summed E-state index contributed by atoms with van der Waals surface area (Å²) in [6, 6.07) is 0.539. The molecule has 2 rings (SSSR count). The zero-order valence-corrected chi connectivity index (χ0v) is 23.0. The number of hydrogen-bond donors (Lipinski definition) is 4. The second kappa shape index (κ2) is 11.3. The molecular weight excluding hydrogens is 428 g/mol. The van der Waals surface area contributed by atoms with Crippen molar-refractivity contribution in [2.45, 2.75) is 136 Å². The zero-order chi connectivity index (χ0) is 25.9. The second-order valence-electron chi connectivity index (χ2n) is 13.0. The van der Waals surface area contributed by atoms with E-state index >= 15 is 0 Å². The van der Waals surface area contributed by atoms with Gasteiger partial charge in [0.1, 0.15) is 0 Å². The van der Waals surface area contributed by atoms with Crippen molar-refractivity contribution in [1.29, 1.82) is 0 Å². The van der Waals surface area contributed by atoms with Gasteiger partial charge in [0, 0.05) is 29.6 Å². The highest BCUT2D eigenvalue weighted by atomic mass is 16.4. The zero-order valence-electron chi connectivity index (χ0n) is 23.0. The van der Waals surface area contributed by atoms with E-state index in [0.29, 0.717) is 12.8 Å². The Morgan fingerprint density at radius 3 is 1.59 bits per heavy atom. The molecule has 2 fully saturated rings. The van der Waals surface area contributed by atoms with Gasteiger partial charge in [-0.25, -0.2) is 0 Å². The Hall–Kier alpha value is -1.14. The minimum absolute atomic E-state index is 0.0919. The van der Waals surface area contributed by atoms with Gasteiger partial charge in [-0.2, -0.15) is 0 Å². The molecule has 6 atom stereocenters. The first-order valence-electron chi connectivity index (χ1n) is 13.6. The number of aliphatic carboxylic acids is 2. The number of unbranched alkanes of at least 4 members (excludes halogenated alkanes) is 4. The summed E-state index contributed by atoms with van der Waals surface area (Å²) in [6.07, 6.45) is 7.08. The van der Waals surface area contributed by atoms with E-state index in [4.69, 9.17) is 5.11 Å². The molecule has 34 heavy (non-hydrogen) atoms. The number of rotatable bonds is 11. The van der Waals surface area contributed by atoms with E-state index in [1.165, 1.54) is 0 Å². The lowest BCUT2D eigenvalue weighted by Crippen LogP contribution is -2.65. The van der Waals surface area contributed by atoms with E-state index in [1.54, 1.807) is 0 Å². The Labute approximate surface area is 208 Å². The van der Waals surface area contributed by atoms with E-state index in [1.807, 2.05) is 0 Å². The van der Waals surface area contributed by atoms with Crippen LogP contribution >= 0.6 is 0 Å². The standard InChI is InChI=1S/C28H52N2O4/c1-18-20(3)29-26(5,6)16-22(18)28(25(33)34,15-13-11-9-10-12-14-24(31)32)23-17-27(7,8)30-21(4)19(23)2/h18-23,29-30H,9-17H2,1-8H3,(H,31,32)(H,33,34). The molecule has 2 aliphatic heterocycles. The quantitative estimate of drug-likeness (QED) is 0.283. The van der Waals surface area contributed by atoms with Crippen LogP contribution in [0.3, 0.4) is 0 Å². The Bertz CT molecular complexity index is 669. The van der Waals surface area contributed by atoms with Crippen molar-refractivity contribution in [3.05, 3.63) is 0 Å². The first-order chi connectivity index (χ1) is 15.6. The summed E-state index contributed by atoms with van der Waals surface area (Å²) in [7, 11) is 0. The minimum atomic E-state index is -0.763. The third-order valence-corrected chi connectivity index (χ3v) is 9.25. The largest absolute Gasteiger partial charge is 0.481 e. The Balaban J connectivity index is 2.37. The van der Waals surface area contributed by atoms with Gasteiger partial charge in [0.25, 0.3) is 0 Å². The summed E-state index contributed by atoms with van der Waals surface area (Å²) in [5, 5.41) is 27.4. The molecule has 2 aliphatic rings. The SMILES string of the molecule is CC1NC(C)(C)CC(C(CCCCCCCC(=O)O)(C(=O)O)C2CC(C)(C)NC(C)C2C)C1C. The average molecular weight is 481 g/mol. The van der Waals surface area contributed by atoms with Gasteiger partial charge in [-0.1, -0.05) is 39.5 Å². The smallest absolute Gasteiger partial charge is 0.310 e. The van der Waals surface area contributed by atoms with Gasteiger partial charge in [-0.05, 0) is 90.9 Å². The maximum atomic E-state index is 13.5. The predicted molar refractivity (Wildman–Crippen MR) is 138 cm³/mol.